The quantitative estimate of drug-likeness (QED) is 0.912. The minimum absolute atomic E-state index is 0.0799. The molecule has 0 fully saturated rings. The summed E-state index contributed by atoms with van der Waals surface area (Å²) in [6.45, 7) is 2.02. The number of hydrogen-bond acceptors (Lipinski definition) is 4. The summed E-state index contributed by atoms with van der Waals surface area (Å²) >= 11 is 1.46. The van der Waals surface area contributed by atoms with Gasteiger partial charge in [0.2, 0.25) is 0 Å². The average Bonchev–Trinajstić information content (AvgIpc) is 3.14. The second kappa shape index (κ2) is 5.95. The van der Waals surface area contributed by atoms with Gasteiger partial charge in [-0.25, -0.2) is 4.98 Å². The first kappa shape index (κ1) is 14.2. The maximum atomic E-state index is 12.3. The second-order valence-corrected chi connectivity index (χ2v) is 6.24. The minimum Gasteiger partial charge on any atom is -0.344 e. The van der Waals surface area contributed by atoms with E-state index in [9.17, 15) is 4.79 Å². The SMILES string of the molecule is CCC(N)c1nc(C(=O)NC2CCc3ccccc32)cs1. The van der Waals surface area contributed by atoms with Crippen LogP contribution in [-0.4, -0.2) is 10.9 Å². The second-order valence-electron chi connectivity index (χ2n) is 5.35. The highest BCUT2D eigenvalue weighted by Crippen LogP contribution is 2.31. The van der Waals surface area contributed by atoms with Crippen molar-refractivity contribution >= 4 is 17.2 Å². The highest BCUT2D eigenvalue weighted by molar-refractivity contribution is 7.09. The lowest BCUT2D eigenvalue weighted by atomic mass is 10.1. The number of carbonyl (C=O) groups excluding carboxylic acids is 1. The minimum atomic E-state index is -0.109. The van der Waals surface area contributed by atoms with Gasteiger partial charge in [0.25, 0.3) is 5.91 Å². The van der Waals surface area contributed by atoms with Crippen molar-refractivity contribution in [2.24, 2.45) is 5.73 Å². The van der Waals surface area contributed by atoms with E-state index in [1.54, 1.807) is 5.38 Å². The first-order valence-corrected chi connectivity index (χ1v) is 8.16. The van der Waals surface area contributed by atoms with Gasteiger partial charge in [0.1, 0.15) is 10.7 Å². The molecule has 0 saturated heterocycles. The molecule has 3 N–H and O–H groups in total. The van der Waals surface area contributed by atoms with Crippen LogP contribution in [0, 0.1) is 0 Å². The first-order valence-electron chi connectivity index (χ1n) is 7.28. The molecule has 3 rings (SSSR count). The van der Waals surface area contributed by atoms with Crippen molar-refractivity contribution in [1.82, 2.24) is 10.3 Å². The fraction of sp³-hybridized carbons (Fsp3) is 0.375. The summed E-state index contributed by atoms with van der Waals surface area (Å²) < 4.78 is 0. The zero-order chi connectivity index (χ0) is 14.8. The van der Waals surface area contributed by atoms with Crippen molar-refractivity contribution in [1.29, 1.82) is 0 Å². The molecule has 0 aliphatic heterocycles. The Kier molecular flexibility index (Phi) is 4.03. The number of nitrogens with zero attached hydrogens (tertiary/aromatic N) is 1. The van der Waals surface area contributed by atoms with Crippen molar-refractivity contribution in [3.63, 3.8) is 0 Å². The topological polar surface area (TPSA) is 68.0 Å². The molecule has 2 aromatic rings. The number of hydrogen-bond donors (Lipinski definition) is 2. The molecule has 1 aromatic heterocycles. The summed E-state index contributed by atoms with van der Waals surface area (Å²) in [5.74, 6) is -0.109. The Morgan fingerprint density at radius 2 is 2.33 bits per heavy atom. The fourth-order valence-electron chi connectivity index (χ4n) is 2.68. The van der Waals surface area contributed by atoms with E-state index in [0.717, 1.165) is 24.3 Å². The molecule has 2 atom stereocenters. The largest absolute Gasteiger partial charge is 0.344 e. The van der Waals surface area contributed by atoms with Crippen LogP contribution in [0.25, 0.3) is 0 Å². The van der Waals surface area contributed by atoms with Gasteiger partial charge in [-0.3, -0.25) is 4.79 Å². The smallest absolute Gasteiger partial charge is 0.271 e. The number of thiazole rings is 1. The van der Waals surface area contributed by atoms with E-state index in [0.29, 0.717) is 5.69 Å². The van der Waals surface area contributed by atoms with Crippen LogP contribution < -0.4 is 11.1 Å². The van der Waals surface area contributed by atoms with Gasteiger partial charge in [0.05, 0.1) is 12.1 Å². The fourth-order valence-corrected chi connectivity index (χ4v) is 3.56. The van der Waals surface area contributed by atoms with E-state index in [2.05, 4.69) is 22.4 Å². The molecule has 0 spiro atoms. The lowest BCUT2D eigenvalue weighted by Gasteiger charge is -2.13. The van der Waals surface area contributed by atoms with E-state index < -0.39 is 0 Å². The van der Waals surface area contributed by atoms with Crippen molar-refractivity contribution in [3.8, 4) is 0 Å². The normalized spacial score (nSPS) is 18.3. The molecule has 0 bridgehead atoms. The third-order valence-electron chi connectivity index (χ3n) is 3.95. The molecule has 1 amide bonds. The van der Waals surface area contributed by atoms with Gasteiger partial charge in [-0.1, -0.05) is 31.2 Å². The van der Waals surface area contributed by atoms with Crippen LogP contribution in [-0.2, 0) is 6.42 Å². The monoisotopic (exact) mass is 301 g/mol. The number of rotatable bonds is 4. The summed E-state index contributed by atoms with van der Waals surface area (Å²) in [6, 6.07) is 8.30. The molecule has 110 valence electrons. The van der Waals surface area contributed by atoms with Crippen LogP contribution >= 0.6 is 11.3 Å². The summed E-state index contributed by atoms with van der Waals surface area (Å²) in [4.78, 5) is 16.7. The van der Waals surface area contributed by atoms with Crippen LogP contribution in [0.4, 0.5) is 0 Å². The van der Waals surface area contributed by atoms with Gasteiger partial charge >= 0.3 is 0 Å². The lowest BCUT2D eigenvalue weighted by molar-refractivity contribution is 0.0932. The third-order valence-corrected chi connectivity index (χ3v) is 4.93. The Morgan fingerprint density at radius 1 is 1.52 bits per heavy atom. The highest BCUT2D eigenvalue weighted by Gasteiger charge is 2.24. The predicted molar refractivity (Wildman–Crippen MR) is 84.3 cm³/mol. The van der Waals surface area contributed by atoms with Gasteiger partial charge in [-0.15, -0.1) is 11.3 Å². The van der Waals surface area contributed by atoms with E-state index in [-0.39, 0.29) is 18.0 Å². The van der Waals surface area contributed by atoms with Gasteiger partial charge < -0.3 is 11.1 Å². The number of amides is 1. The van der Waals surface area contributed by atoms with Crippen molar-refractivity contribution in [2.75, 3.05) is 0 Å². The molecule has 1 heterocycles. The standard InChI is InChI=1S/C16H19N3OS/c1-2-12(17)16-19-14(9-21-16)15(20)18-13-8-7-10-5-3-4-6-11(10)13/h3-6,9,12-13H,2,7-8,17H2,1H3,(H,18,20). The van der Waals surface area contributed by atoms with E-state index in [1.807, 2.05) is 19.1 Å². The predicted octanol–water partition coefficient (Wildman–Crippen LogP) is 2.97. The van der Waals surface area contributed by atoms with Crippen molar-refractivity contribution in [2.45, 2.75) is 38.3 Å². The molecular weight excluding hydrogens is 282 g/mol. The van der Waals surface area contributed by atoms with Crippen LogP contribution in [0.1, 0.15) is 58.5 Å². The number of benzene rings is 1. The Balaban J connectivity index is 1.71. The average molecular weight is 301 g/mol. The molecule has 0 saturated carbocycles. The Morgan fingerprint density at radius 3 is 3.14 bits per heavy atom. The number of fused-ring (bicyclic) bond motifs is 1. The molecule has 21 heavy (non-hydrogen) atoms. The number of carbonyl (C=O) groups is 1. The molecule has 1 aliphatic rings. The van der Waals surface area contributed by atoms with Crippen molar-refractivity contribution in [3.05, 3.63) is 51.5 Å². The Labute approximate surface area is 128 Å². The maximum absolute atomic E-state index is 12.3. The molecule has 4 nitrogen and oxygen atoms in total. The van der Waals surface area contributed by atoms with Gasteiger partial charge in [-0.05, 0) is 30.4 Å². The zero-order valence-electron chi connectivity index (χ0n) is 12.0. The van der Waals surface area contributed by atoms with Crippen LogP contribution in [0.5, 0.6) is 0 Å². The first-order chi connectivity index (χ1) is 10.2. The number of nitrogens with two attached hydrogens (primary N) is 1. The molecule has 1 aromatic carbocycles. The molecular formula is C16H19N3OS. The molecule has 2 unspecified atom stereocenters. The van der Waals surface area contributed by atoms with E-state index in [1.165, 1.54) is 22.5 Å². The number of nitrogens with one attached hydrogen (secondary N) is 1. The van der Waals surface area contributed by atoms with E-state index >= 15 is 0 Å². The Bertz CT molecular complexity index is 652. The zero-order valence-corrected chi connectivity index (χ0v) is 12.8. The van der Waals surface area contributed by atoms with Gasteiger partial charge in [-0.2, -0.15) is 0 Å². The summed E-state index contributed by atoms with van der Waals surface area (Å²) in [5, 5.41) is 5.71. The maximum Gasteiger partial charge on any atom is 0.271 e. The molecule has 1 aliphatic carbocycles. The number of aromatic nitrogens is 1. The van der Waals surface area contributed by atoms with Gasteiger partial charge in [0.15, 0.2) is 0 Å². The van der Waals surface area contributed by atoms with Gasteiger partial charge in [0, 0.05) is 5.38 Å². The van der Waals surface area contributed by atoms with E-state index in [4.69, 9.17) is 5.73 Å². The van der Waals surface area contributed by atoms with Crippen LogP contribution in [0.3, 0.4) is 0 Å². The summed E-state index contributed by atoms with van der Waals surface area (Å²) in [5.41, 5.74) is 8.98. The van der Waals surface area contributed by atoms with Crippen LogP contribution in [0.2, 0.25) is 0 Å². The van der Waals surface area contributed by atoms with Crippen LogP contribution in [0.15, 0.2) is 29.6 Å². The number of aryl methyl sites for hydroxylation is 1. The third kappa shape index (κ3) is 2.84. The summed E-state index contributed by atoms with van der Waals surface area (Å²) in [7, 11) is 0. The molecule has 5 heteroatoms. The van der Waals surface area contributed by atoms with Crippen molar-refractivity contribution < 1.29 is 4.79 Å². The lowest BCUT2D eigenvalue weighted by Crippen LogP contribution is -2.27. The highest BCUT2D eigenvalue weighted by atomic mass is 32.1. The Hall–Kier alpha value is -1.72. The molecule has 0 radical (unpaired) electrons. The summed E-state index contributed by atoms with van der Waals surface area (Å²) in [6.07, 6.45) is 2.80.